The Labute approximate surface area is 158 Å². The number of amides is 1. The van der Waals surface area contributed by atoms with Crippen LogP contribution in [0.25, 0.3) is 10.2 Å². The second-order valence-corrected chi connectivity index (χ2v) is 8.06. The third-order valence-corrected chi connectivity index (χ3v) is 5.95. The molecular formula is C18H25ClN4OS. The summed E-state index contributed by atoms with van der Waals surface area (Å²) in [5.41, 5.74) is 2.45. The van der Waals surface area contributed by atoms with Crippen LogP contribution in [0.2, 0.25) is 0 Å². The van der Waals surface area contributed by atoms with Gasteiger partial charge in [0, 0.05) is 32.2 Å². The second-order valence-electron chi connectivity index (χ2n) is 6.83. The Hall–Kier alpha value is -1.21. The molecule has 0 aliphatic carbocycles. The van der Waals surface area contributed by atoms with Crippen LogP contribution < -0.4 is 5.32 Å². The van der Waals surface area contributed by atoms with Gasteiger partial charge in [-0.3, -0.25) is 9.69 Å². The number of rotatable bonds is 3. The number of fused-ring (bicyclic) bond motifs is 1. The number of aromatic nitrogens is 1. The van der Waals surface area contributed by atoms with Crippen molar-refractivity contribution >= 4 is 39.9 Å². The number of aryl methyl sites for hydroxylation is 1. The van der Waals surface area contributed by atoms with Crippen LogP contribution >= 0.6 is 23.7 Å². The number of carbonyl (C=O) groups excluding carboxylic acids is 1. The Morgan fingerprint density at radius 2 is 2.24 bits per heavy atom. The lowest BCUT2D eigenvalue weighted by Crippen LogP contribution is -2.56. The van der Waals surface area contributed by atoms with Gasteiger partial charge in [-0.05, 0) is 44.0 Å². The number of thiazole rings is 1. The molecule has 2 aromatic rings. The van der Waals surface area contributed by atoms with Crippen molar-refractivity contribution in [2.45, 2.75) is 32.4 Å². The molecule has 2 fully saturated rings. The van der Waals surface area contributed by atoms with Crippen LogP contribution in [-0.2, 0) is 11.3 Å². The lowest BCUT2D eigenvalue weighted by molar-refractivity contribution is -0.135. The molecule has 1 unspecified atom stereocenters. The first-order valence-electron chi connectivity index (χ1n) is 8.78. The summed E-state index contributed by atoms with van der Waals surface area (Å²) < 4.78 is 1.27. The highest BCUT2D eigenvalue weighted by molar-refractivity contribution is 7.18. The zero-order valence-corrected chi connectivity index (χ0v) is 16.2. The predicted octanol–water partition coefficient (Wildman–Crippen LogP) is 2.42. The van der Waals surface area contributed by atoms with Gasteiger partial charge in [0.15, 0.2) is 0 Å². The van der Waals surface area contributed by atoms with Gasteiger partial charge >= 0.3 is 0 Å². The molecule has 0 spiro atoms. The summed E-state index contributed by atoms with van der Waals surface area (Å²) in [5.74, 6) is 0.259. The molecule has 1 aromatic heterocycles. The number of carbonyl (C=O) groups is 1. The predicted molar refractivity (Wildman–Crippen MR) is 104 cm³/mol. The number of nitrogens with zero attached hydrogens (tertiary/aromatic N) is 3. The van der Waals surface area contributed by atoms with Crippen molar-refractivity contribution in [2.24, 2.45) is 0 Å². The molecule has 1 N–H and O–H groups in total. The topological polar surface area (TPSA) is 48.5 Å². The molecule has 2 aliphatic heterocycles. The number of hydrogen-bond acceptors (Lipinski definition) is 5. The number of benzene rings is 1. The van der Waals surface area contributed by atoms with Crippen LogP contribution in [0.1, 0.15) is 23.4 Å². The minimum Gasteiger partial charge on any atom is -0.336 e. The molecule has 0 bridgehead atoms. The largest absolute Gasteiger partial charge is 0.336 e. The Bertz CT molecular complexity index is 750. The number of likely N-dealkylation sites (tertiary alicyclic amines) is 1. The van der Waals surface area contributed by atoms with Gasteiger partial charge in [0.1, 0.15) is 0 Å². The smallest absolute Gasteiger partial charge is 0.236 e. The van der Waals surface area contributed by atoms with Crippen LogP contribution in [0.4, 0.5) is 0 Å². The lowest BCUT2D eigenvalue weighted by Gasteiger charge is -2.41. The SMILES string of the molecule is Cc1nc2ccc(CN3CCCC(N4CCNCC4=O)C3)cc2s1.Cl. The van der Waals surface area contributed by atoms with Crippen molar-refractivity contribution in [1.29, 1.82) is 0 Å². The third-order valence-electron chi connectivity index (χ3n) is 5.01. The summed E-state index contributed by atoms with van der Waals surface area (Å²) in [4.78, 5) is 21.3. The molecule has 5 nitrogen and oxygen atoms in total. The molecule has 136 valence electrons. The Morgan fingerprint density at radius 1 is 1.36 bits per heavy atom. The van der Waals surface area contributed by atoms with E-state index in [4.69, 9.17) is 0 Å². The summed E-state index contributed by atoms with van der Waals surface area (Å²) in [5, 5.41) is 4.29. The van der Waals surface area contributed by atoms with E-state index in [0.717, 1.165) is 49.7 Å². The van der Waals surface area contributed by atoms with E-state index in [1.165, 1.54) is 16.7 Å². The Morgan fingerprint density at radius 3 is 3.08 bits per heavy atom. The van der Waals surface area contributed by atoms with Crippen LogP contribution in [0.3, 0.4) is 0 Å². The molecule has 0 saturated carbocycles. The summed E-state index contributed by atoms with van der Waals surface area (Å²) in [7, 11) is 0. The first-order chi connectivity index (χ1) is 11.7. The highest BCUT2D eigenvalue weighted by Crippen LogP contribution is 2.24. The molecule has 3 heterocycles. The zero-order valence-electron chi connectivity index (χ0n) is 14.5. The van der Waals surface area contributed by atoms with E-state index < -0.39 is 0 Å². The van der Waals surface area contributed by atoms with Crippen molar-refractivity contribution in [1.82, 2.24) is 20.1 Å². The average molecular weight is 381 g/mol. The van der Waals surface area contributed by atoms with Crippen LogP contribution in [0, 0.1) is 6.92 Å². The molecule has 25 heavy (non-hydrogen) atoms. The van der Waals surface area contributed by atoms with Crippen LogP contribution in [-0.4, -0.2) is 59.5 Å². The first kappa shape index (κ1) is 18.6. The number of hydrogen-bond donors (Lipinski definition) is 1. The highest BCUT2D eigenvalue weighted by atomic mass is 35.5. The number of halogens is 1. The molecule has 4 rings (SSSR count). The Kier molecular flexibility index (Phi) is 5.94. The van der Waals surface area contributed by atoms with E-state index in [1.54, 1.807) is 11.3 Å². The van der Waals surface area contributed by atoms with E-state index in [2.05, 4.69) is 45.2 Å². The van der Waals surface area contributed by atoms with Crippen LogP contribution in [0.15, 0.2) is 18.2 Å². The van der Waals surface area contributed by atoms with Gasteiger partial charge in [0.05, 0.1) is 21.8 Å². The van der Waals surface area contributed by atoms with Gasteiger partial charge < -0.3 is 10.2 Å². The van der Waals surface area contributed by atoms with Gasteiger partial charge in [-0.15, -0.1) is 23.7 Å². The minimum absolute atomic E-state index is 0. The summed E-state index contributed by atoms with van der Waals surface area (Å²) >= 11 is 1.76. The van der Waals surface area contributed by atoms with Crippen molar-refractivity contribution in [3.05, 3.63) is 28.8 Å². The molecule has 1 amide bonds. The van der Waals surface area contributed by atoms with E-state index in [0.29, 0.717) is 12.6 Å². The van der Waals surface area contributed by atoms with E-state index >= 15 is 0 Å². The standard InChI is InChI=1S/C18H24N4OS.ClH/c1-13-20-16-5-4-14(9-17(16)24-13)11-21-7-2-3-15(12-21)22-8-6-19-10-18(22)23;/h4-5,9,15,19H,2-3,6-8,10-12H2,1H3;1H. The molecule has 2 aliphatic rings. The van der Waals surface area contributed by atoms with Gasteiger partial charge in [-0.2, -0.15) is 0 Å². The molecule has 1 aromatic carbocycles. The van der Waals surface area contributed by atoms with Crippen molar-refractivity contribution in [3.8, 4) is 0 Å². The zero-order chi connectivity index (χ0) is 16.5. The van der Waals surface area contributed by atoms with Gasteiger partial charge in [0.25, 0.3) is 0 Å². The maximum Gasteiger partial charge on any atom is 0.236 e. The minimum atomic E-state index is 0. The molecule has 2 saturated heterocycles. The van der Waals surface area contributed by atoms with Gasteiger partial charge in [-0.1, -0.05) is 6.07 Å². The maximum absolute atomic E-state index is 12.1. The fraction of sp³-hybridized carbons (Fsp3) is 0.556. The molecule has 1 atom stereocenters. The summed E-state index contributed by atoms with van der Waals surface area (Å²) in [6.07, 6.45) is 2.30. The number of piperidine rings is 1. The second kappa shape index (κ2) is 7.99. The fourth-order valence-electron chi connectivity index (χ4n) is 3.88. The molecular weight excluding hydrogens is 356 g/mol. The summed E-state index contributed by atoms with van der Waals surface area (Å²) in [6, 6.07) is 6.98. The van der Waals surface area contributed by atoms with E-state index in [9.17, 15) is 4.79 Å². The van der Waals surface area contributed by atoms with Gasteiger partial charge in [0.2, 0.25) is 5.91 Å². The van der Waals surface area contributed by atoms with Crippen LogP contribution in [0.5, 0.6) is 0 Å². The normalized spacial score (nSPS) is 22.2. The molecule has 0 radical (unpaired) electrons. The number of nitrogens with one attached hydrogen (secondary N) is 1. The average Bonchev–Trinajstić information content (AvgIpc) is 2.95. The molecule has 7 heteroatoms. The lowest BCUT2D eigenvalue weighted by atomic mass is 10.0. The van der Waals surface area contributed by atoms with E-state index in [-0.39, 0.29) is 18.3 Å². The maximum atomic E-state index is 12.1. The fourth-order valence-corrected chi connectivity index (χ4v) is 4.77. The third kappa shape index (κ3) is 4.14. The van der Waals surface area contributed by atoms with Crippen molar-refractivity contribution < 1.29 is 4.79 Å². The van der Waals surface area contributed by atoms with Crippen molar-refractivity contribution in [2.75, 3.05) is 32.7 Å². The highest BCUT2D eigenvalue weighted by Gasteiger charge is 2.29. The van der Waals surface area contributed by atoms with Crippen molar-refractivity contribution in [3.63, 3.8) is 0 Å². The Balaban J connectivity index is 0.00000182. The quantitative estimate of drug-likeness (QED) is 0.888. The van der Waals surface area contributed by atoms with Gasteiger partial charge in [-0.25, -0.2) is 4.98 Å². The first-order valence-corrected chi connectivity index (χ1v) is 9.59. The van der Waals surface area contributed by atoms with E-state index in [1.807, 2.05) is 0 Å². The summed E-state index contributed by atoms with van der Waals surface area (Å²) in [6.45, 7) is 7.40. The monoisotopic (exact) mass is 380 g/mol. The number of piperazine rings is 1.